The second kappa shape index (κ2) is 3.42. The standard InChI is InChI=1S/C7H9F2N3O/c1-13-3-2-12-7(11)5(10)4(3)6(8)9/h2,6H,10H2,1H3,(H2,11,12). The maximum Gasteiger partial charge on any atom is 0.269 e. The summed E-state index contributed by atoms with van der Waals surface area (Å²) in [7, 11) is 1.26. The number of methoxy groups -OCH3 is 1. The molecule has 1 aromatic rings. The SMILES string of the molecule is COc1cnc(N)c(N)c1C(F)F. The predicted octanol–water partition coefficient (Wildman–Crippen LogP) is 1.19. The van der Waals surface area contributed by atoms with Crippen LogP contribution in [0.25, 0.3) is 0 Å². The fourth-order valence-electron chi connectivity index (χ4n) is 0.926. The molecular weight excluding hydrogens is 180 g/mol. The lowest BCUT2D eigenvalue weighted by Crippen LogP contribution is -2.05. The van der Waals surface area contributed by atoms with Gasteiger partial charge in [-0.1, -0.05) is 0 Å². The molecule has 0 aliphatic carbocycles. The summed E-state index contributed by atoms with van der Waals surface area (Å²) in [5, 5.41) is 0. The summed E-state index contributed by atoms with van der Waals surface area (Å²) >= 11 is 0. The number of halogens is 2. The van der Waals surface area contributed by atoms with Crippen molar-refractivity contribution in [3.05, 3.63) is 11.8 Å². The van der Waals surface area contributed by atoms with Crippen molar-refractivity contribution in [2.75, 3.05) is 18.6 Å². The first-order valence-corrected chi connectivity index (χ1v) is 3.44. The Labute approximate surface area is 73.5 Å². The topological polar surface area (TPSA) is 74.2 Å². The van der Waals surface area contributed by atoms with Gasteiger partial charge in [0.25, 0.3) is 6.43 Å². The number of nitrogens with two attached hydrogens (primary N) is 2. The third-order valence-corrected chi connectivity index (χ3v) is 1.59. The number of nitrogen functional groups attached to an aromatic ring is 2. The van der Waals surface area contributed by atoms with Crippen LogP contribution in [-0.2, 0) is 0 Å². The third kappa shape index (κ3) is 1.61. The van der Waals surface area contributed by atoms with Crippen molar-refractivity contribution in [1.82, 2.24) is 4.98 Å². The lowest BCUT2D eigenvalue weighted by molar-refractivity contribution is 0.148. The van der Waals surface area contributed by atoms with Gasteiger partial charge in [-0.05, 0) is 0 Å². The molecule has 4 N–H and O–H groups in total. The first-order valence-electron chi connectivity index (χ1n) is 3.44. The van der Waals surface area contributed by atoms with E-state index in [-0.39, 0.29) is 17.3 Å². The van der Waals surface area contributed by atoms with Gasteiger partial charge in [-0.2, -0.15) is 0 Å². The molecule has 1 rings (SSSR count). The van der Waals surface area contributed by atoms with Gasteiger partial charge in [-0.25, -0.2) is 13.8 Å². The minimum atomic E-state index is -2.72. The molecule has 0 spiro atoms. The molecule has 0 amide bonds. The van der Waals surface area contributed by atoms with E-state index in [2.05, 4.69) is 9.72 Å². The van der Waals surface area contributed by atoms with Crippen LogP contribution in [0.1, 0.15) is 12.0 Å². The highest BCUT2D eigenvalue weighted by molar-refractivity contribution is 5.67. The van der Waals surface area contributed by atoms with E-state index in [1.54, 1.807) is 0 Å². The van der Waals surface area contributed by atoms with Gasteiger partial charge in [0.15, 0.2) is 0 Å². The van der Waals surface area contributed by atoms with E-state index in [0.29, 0.717) is 0 Å². The van der Waals surface area contributed by atoms with Crippen LogP contribution in [0.4, 0.5) is 20.3 Å². The average molecular weight is 189 g/mol. The minimum absolute atomic E-state index is 0.0540. The second-order valence-corrected chi connectivity index (χ2v) is 2.34. The zero-order valence-corrected chi connectivity index (χ0v) is 6.92. The second-order valence-electron chi connectivity index (χ2n) is 2.34. The van der Waals surface area contributed by atoms with Gasteiger partial charge in [-0.3, -0.25) is 0 Å². The Hall–Kier alpha value is -1.59. The van der Waals surface area contributed by atoms with E-state index in [0.717, 1.165) is 6.20 Å². The van der Waals surface area contributed by atoms with E-state index in [4.69, 9.17) is 11.5 Å². The molecule has 0 aliphatic rings. The molecule has 0 bridgehead atoms. The van der Waals surface area contributed by atoms with Crippen LogP contribution >= 0.6 is 0 Å². The molecule has 72 valence electrons. The summed E-state index contributed by atoms with van der Waals surface area (Å²) in [5.74, 6) is -0.169. The molecule has 0 saturated carbocycles. The molecule has 13 heavy (non-hydrogen) atoms. The van der Waals surface area contributed by atoms with Crippen molar-refractivity contribution in [3.63, 3.8) is 0 Å². The Morgan fingerprint density at radius 2 is 2.08 bits per heavy atom. The number of hydrogen-bond donors (Lipinski definition) is 2. The van der Waals surface area contributed by atoms with Crippen LogP contribution in [0, 0.1) is 0 Å². The zero-order valence-electron chi connectivity index (χ0n) is 6.92. The van der Waals surface area contributed by atoms with E-state index in [1.807, 2.05) is 0 Å². The molecule has 0 fully saturated rings. The number of anilines is 2. The van der Waals surface area contributed by atoms with Crippen molar-refractivity contribution in [1.29, 1.82) is 0 Å². The first-order chi connectivity index (χ1) is 6.07. The van der Waals surface area contributed by atoms with Gasteiger partial charge in [0.05, 0.1) is 24.6 Å². The number of hydrogen-bond acceptors (Lipinski definition) is 4. The van der Waals surface area contributed by atoms with Crippen molar-refractivity contribution in [2.45, 2.75) is 6.43 Å². The number of aromatic nitrogens is 1. The molecule has 0 radical (unpaired) electrons. The zero-order chi connectivity index (χ0) is 10.0. The Kier molecular flexibility index (Phi) is 2.50. The maximum absolute atomic E-state index is 12.4. The van der Waals surface area contributed by atoms with Crippen LogP contribution in [-0.4, -0.2) is 12.1 Å². The van der Waals surface area contributed by atoms with Gasteiger partial charge in [-0.15, -0.1) is 0 Å². The van der Waals surface area contributed by atoms with Crippen LogP contribution in [0.2, 0.25) is 0 Å². The van der Waals surface area contributed by atoms with Gasteiger partial charge >= 0.3 is 0 Å². The molecule has 0 saturated heterocycles. The minimum Gasteiger partial charge on any atom is -0.495 e. The van der Waals surface area contributed by atoms with Crippen LogP contribution in [0.15, 0.2) is 6.20 Å². The van der Waals surface area contributed by atoms with Crippen LogP contribution < -0.4 is 16.2 Å². The third-order valence-electron chi connectivity index (χ3n) is 1.59. The predicted molar refractivity (Wildman–Crippen MR) is 44.6 cm³/mol. The summed E-state index contributed by atoms with van der Waals surface area (Å²) < 4.78 is 29.5. The number of ether oxygens (including phenoxy) is 1. The molecular formula is C7H9F2N3O. The molecule has 1 heterocycles. The molecule has 6 heteroatoms. The van der Waals surface area contributed by atoms with Crippen molar-refractivity contribution < 1.29 is 13.5 Å². The van der Waals surface area contributed by atoms with E-state index in [1.165, 1.54) is 7.11 Å². The molecule has 1 aromatic heterocycles. The monoisotopic (exact) mass is 189 g/mol. The van der Waals surface area contributed by atoms with Gasteiger partial charge in [0.1, 0.15) is 11.6 Å². The highest BCUT2D eigenvalue weighted by atomic mass is 19.3. The highest BCUT2D eigenvalue weighted by Gasteiger charge is 2.19. The Morgan fingerprint density at radius 1 is 1.46 bits per heavy atom. The average Bonchev–Trinajstić information content (AvgIpc) is 2.08. The molecule has 0 aromatic carbocycles. The maximum atomic E-state index is 12.4. The number of alkyl halides is 2. The highest BCUT2D eigenvalue weighted by Crippen LogP contribution is 2.35. The van der Waals surface area contributed by atoms with Crippen LogP contribution in [0.5, 0.6) is 5.75 Å². The molecule has 0 aliphatic heterocycles. The van der Waals surface area contributed by atoms with Crippen molar-refractivity contribution in [3.8, 4) is 5.75 Å². The summed E-state index contributed by atoms with van der Waals surface area (Å²) in [5.41, 5.74) is 9.93. The van der Waals surface area contributed by atoms with Crippen molar-refractivity contribution in [2.24, 2.45) is 0 Å². The number of pyridine rings is 1. The number of nitrogens with zero attached hydrogens (tertiary/aromatic N) is 1. The van der Waals surface area contributed by atoms with Crippen molar-refractivity contribution >= 4 is 11.5 Å². The van der Waals surface area contributed by atoms with Gasteiger partial charge in [0.2, 0.25) is 0 Å². The Bertz CT molecular complexity index is 317. The van der Waals surface area contributed by atoms with E-state index < -0.39 is 12.0 Å². The molecule has 4 nitrogen and oxygen atoms in total. The summed E-state index contributed by atoms with van der Waals surface area (Å²) in [4.78, 5) is 3.59. The first kappa shape index (κ1) is 9.50. The fraction of sp³-hybridized carbons (Fsp3) is 0.286. The largest absolute Gasteiger partial charge is 0.495 e. The fourth-order valence-corrected chi connectivity index (χ4v) is 0.926. The summed E-state index contributed by atoms with van der Waals surface area (Å²) in [6.07, 6.45) is -1.60. The molecule has 0 atom stereocenters. The smallest absolute Gasteiger partial charge is 0.269 e. The van der Waals surface area contributed by atoms with Gasteiger partial charge < -0.3 is 16.2 Å². The van der Waals surface area contributed by atoms with Crippen LogP contribution in [0.3, 0.4) is 0 Å². The summed E-state index contributed by atoms with van der Waals surface area (Å²) in [6.45, 7) is 0. The lowest BCUT2D eigenvalue weighted by atomic mass is 10.2. The Balaban J connectivity index is 3.32. The molecule has 0 unspecified atom stereocenters. The quantitative estimate of drug-likeness (QED) is 0.732. The lowest BCUT2D eigenvalue weighted by Gasteiger charge is -2.10. The van der Waals surface area contributed by atoms with E-state index >= 15 is 0 Å². The van der Waals surface area contributed by atoms with Gasteiger partial charge in [0, 0.05) is 0 Å². The number of rotatable bonds is 2. The summed E-state index contributed by atoms with van der Waals surface area (Å²) in [6, 6.07) is 0. The Morgan fingerprint density at radius 3 is 2.54 bits per heavy atom. The van der Waals surface area contributed by atoms with E-state index in [9.17, 15) is 8.78 Å². The normalized spacial score (nSPS) is 10.5.